The lowest BCUT2D eigenvalue weighted by molar-refractivity contribution is 0.369. The zero-order chi connectivity index (χ0) is 13.0. The molecule has 1 unspecified atom stereocenters. The fraction of sp³-hybridized carbons (Fsp3) is 0.786. The molecule has 0 saturated carbocycles. The van der Waals surface area contributed by atoms with Gasteiger partial charge in [-0.25, -0.2) is 0 Å². The Morgan fingerprint density at radius 3 is 2.41 bits per heavy atom. The van der Waals surface area contributed by atoms with Crippen LogP contribution in [0.5, 0.6) is 0 Å². The molecule has 1 aromatic rings. The molecule has 2 N–H and O–H groups in total. The largest absolute Gasteiger partial charge is 0.330 e. The number of aromatic nitrogens is 2. The first kappa shape index (κ1) is 14.2. The van der Waals surface area contributed by atoms with Crippen LogP contribution in [0.1, 0.15) is 44.1 Å². The van der Waals surface area contributed by atoms with Crippen LogP contribution in [0.15, 0.2) is 0 Å². The van der Waals surface area contributed by atoms with E-state index in [1.807, 2.05) is 0 Å². The standard InChI is InChI=1S/C14H27N3/c1-10(2)8-11(3)9-17-13(5)14(6-7-15)12(4)16-17/h10-11H,6-9,15H2,1-5H3. The van der Waals surface area contributed by atoms with Gasteiger partial charge in [-0.05, 0) is 50.6 Å². The molecule has 0 bridgehead atoms. The molecule has 0 aromatic carbocycles. The smallest absolute Gasteiger partial charge is 0.0628 e. The van der Waals surface area contributed by atoms with Crippen molar-refractivity contribution in [2.45, 2.75) is 54.0 Å². The molecule has 17 heavy (non-hydrogen) atoms. The molecule has 0 aliphatic heterocycles. The summed E-state index contributed by atoms with van der Waals surface area (Å²) in [5, 5.41) is 4.64. The second-order valence-electron chi connectivity index (χ2n) is 5.60. The molecule has 98 valence electrons. The highest BCUT2D eigenvalue weighted by Crippen LogP contribution is 2.18. The molecule has 0 amide bonds. The van der Waals surface area contributed by atoms with Gasteiger partial charge in [0.2, 0.25) is 0 Å². The summed E-state index contributed by atoms with van der Waals surface area (Å²) in [6, 6.07) is 0. The van der Waals surface area contributed by atoms with Gasteiger partial charge in [0, 0.05) is 12.2 Å². The van der Waals surface area contributed by atoms with Crippen molar-refractivity contribution >= 4 is 0 Å². The topological polar surface area (TPSA) is 43.8 Å². The van der Waals surface area contributed by atoms with E-state index in [-0.39, 0.29) is 0 Å². The zero-order valence-electron chi connectivity index (χ0n) is 12.0. The summed E-state index contributed by atoms with van der Waals surface area (Å²) in [7, 11) is 0. The Bertz CT molecular complexity index is 353. The summed E-state index contributed by atoms with van der Waals surface area (Å²) >= 11 is 0. The lowest BCUT2D eigenvalue weighted by Crippen LogP contribution is -2.13. The Hall–Kier alpha value is -0.830. The highest BCUT2D eigenvalue weighted by atomic mass is 15.3. The van der Waals surface area contributed by atoms with Gasteiger partial charge in [0.15, 0.2) is 0 Å². The number of aryl methyl sites for hydroxylation is 1. The van der Waals surface area contributed by atoms with Crippen molar-refractivity contribution in [3.05, 3.63) is 17.0 Å². The first-order chi connectivity index (χ1) is 7.95. The minimum atomic E-state index is 0.679. The molecule has 0 spiro atoms. The highest BCUT2D eigenvalue weighted by Gasteiger charge is 2.13. The minimum absolute atomic E-state index is 0.679. The molecule has 3 nitrogen and oxygen atoms in total. The van der Waals surface area contributed by atoms with Crippen molar-refractivity contribution in [2.24, 2.45) is 17.6 Å². The van der Waals surface area contributed by atoms with E-state index >= 15 is 0 Å². The Morgan fingerprint density at radius 2 is 1.88 bits per heavy atom. The summed E-state index contributed by atoms with van der Waals surface area (Å²) < 4.78 is 2.16. The van der Waals surface area contributed by atoms with E-state index < -0.39 is 0 Å². The first-order valence-electron chi connectivity index (χ1n) is 6.68. The summed E-state index contributed by atoms with van der Waals surface area (Å²) in [6.07, 6.45) is 2.20. The molecule has 0 aliphatic carbocycles. The monoisotopic (exact) mass is 237 g/mol. The van der Waals surface area contributed by atoms with Crippen LogP contribution in [-0.2, 0) is 13.0 Å². The number of hydrogen-bond donors (Lipinski definition) is 1. The highest BCUT2D eigenvalue weighted by molar-refractivity contribution is 5.24. The Labute approximate surface area is 105 Å². The van der Waals surface area contributed by atoms with Crippen molar-refractivity contribution < 1.29 is 0 Å². The van der Waals surface area contributed by atoms with Crippen molar-refractivity contribution in [1.82, 2.24) is 9.78 Å². The maximum absolute atomic E-state index is 5.64. The summed E-state index contributed by atoms with van der Waals surface area (Å²) in [6.45, 7) is 12.8. The summed E-state index contributed by atoms with van der Waals surface area (Å²) in [5.74, 6) is 1.43. The second-order valence-corrected chi connectivity index (χ2v) is 5.60. The molecular formula is C14H27N3. The molecule has 1 atom stereocenters. The first-order valence-corrected chi connectivity index (χ1v) is 6.68. The number of rotatable bonds is 6. The molecule has 0 radical (unpaired) electrons. The van der Waals surface area contributed by atoms with Gasteiger partial charge in [-0.1, -0.05) is 20.8 Å². The summed E-state index contributed by atoms with van der Waals surface area (Å²) in [4.78, 5) is 0. The third-order valence-corrected chi connectivity index (χ3v) is 3.28. The van der Waals surface area contributed by atoms with Gasteiger partial charge in [0.25, 0.3) is 0 Å². The van der Waals surface area contributed by atoms with Gasteiger partial charge in [0.05, 0.1) is 5.69 Å². The van der Waals surface area contributed by atoms with Crippen LogP contribution in [0.25, 0.3) is 0 Å². The molecule has 0 aliphatic rings. The van der Waals surface area contributed by atoms with Gasteiger partial charge < -0.3 is 5.73 Å². The molecule has 0 saturated heterocycles. The van der Waals surface area contributed by atoms with Gasteiger partial charge in [-0.2, -0.15) is 5.10 Å². The third-order valence-electron chi connectivity index (χ3n) is 3.28. The number of nitrogens with two attached hydrogens (primary N) is 1. The van der Waals surface area contributed by atoms with Crippen LogP contribution in [-0.4, -0.2) is 16.3 Å². The quantitative estimate of drug-likeness (QED) is 0.826. The van der Waals surface area contributed by atoms with E-state index in [1.54, 1.807) is 0 Å². The van der Waals surface area contributed by atoms with E-state index in [0.29, 0.717) is 12.5 Å². The number of hydrogen-bond acceptors (Lipinski definition) is 2. The molecule has 3 heteroatoms. The fourth-order valence-electron chi connectivity index (χ4n) is 2.59. The lowest BCUT2D eigenvalue weighted by Gasteiger charge is -2.15. The van der Waals surface area contributed by atoms with Crippen molar-refractivity contribution in [3.63, 3.8) is 0 Å². The van der Waals surface area contributed by atoms with Gasteiger partial charge >= 0.3 is 0 Å². The summed E-state index contributed by atoms with van der Waals surface area (Å²) in [5.41, 5.74) is 9.41. The predicted octanol–water partition coefficient (Wildman–Crippen LogP) is 2.68. The molecule has 1 rings (SSSR count). The maximum Gasteiger partial charge on any atom is 0.0628 e. The van der Waals surface area contributed by atoms with E-state index in [0.717, 1.165) is 24.6 Å². The van der Waals surface area contributed by atoms with Gasteiger partial charge in [-0.15, -0.1) is 0 Å². The average Bonchev–Trinajstić information content (AvgIpc) is 2.45. The van der Waals surface area contributed by atoms with Crippen molar-refractivity contribution in [2.75, 3.05) is 6.54 Å². The van der Waals surface area contributed by atoms with Crippen LogP contribution < -0.4 is 5.73 Å². The SMILES string of the molecule is Cc1nn(CC(C)CC(C)C)c(C)c1CCN. The predicted molar refractivity (Wildman–Crippen MR) is 73.1 cm³/mol. The number of nitrogens with zero attached hydrogens (tertiary/aromatic N) is 2. The van der Waals surface area contributed by atoms with E-state index in [9.17, 15) is 0 Å². The van der Waals surface area contributed by atoms with Gasteiger partial charge in [0.1, 0.15) is 0 Å². The molecule has 1 aromatic heterocycles. The van der Waals surface area contributed by atoms with E-state index in [4.69, 9.17) is 5.73 Å². The van der Waals surface area contributed by atoms with E-state index in [2.05, 4.69) is 44.4 Å². The Kier molecular flexibility index (Phi) is 5.19. The zero-order valence-corrected chi connectivity index (χ0v) is 12.0. The molecule has 1 heterocycles. The third kappa shape index (κ3) is 3.84. The second kappa shape index (κ2) is 6.20. The lowest BCUT2D eigenvalue weighted by atomic mass is 9.99. The maximum atomic E-state index is 5.64. The molecular weight excluding hydrogens is 210 g/mol. The molecule has 0 fully saturated rings. The van der Waals surface area contributed by atoms with Crippen molar-refractivity contribution in [1.29, 1.82) is 0 Å². The van der Waals surface area contributed by atoms with Crippen LogP contribution in [0, 0.1) is 25.7 Å². The average molecular weight is 237 g/mol. The van der Waals surface area contributed by atoms with E-state index in [1.165, 1.54) is 17.7 Å². The fourth-order valence-corrected chi connectivity index (χ4v) is 2.59. The van der Waals surface area contributed by atoms with Crippen LogP contribution in [0.4, 0.5) is 0 Å². The van der Waals surface area contributed by atoms with Crippen molar-refractivity contribution in [3.8, 4) is 0 Å². The van der Waals surface area contributed by atoms with Gasteiger partial charge in [-0.3, -0.25) is 4.68 Å². The Morgan fingerprint density at radius 1 is 1.24 bits per heavy atom. The normalized spacial score (nSPS) is 13.4. The van der Waals surface area contributed by atoms with Crippen LogP contribution in [0.3, 0.4) is 0 Å². The minimum Gasteiger partial charge on any atom is -0.330 e. The van der Waals surface area contributed by atoms with Crippen LogP contribution >= 0.6 is 0 Å². The Balaban J connectivity index is 2.75. The van der Waals surface area contributed by atoms with Crippen LogP contribution in [0.2, 0.25) is 0 Å².